The number of carbonyl (C=O) groups excluding carboxylic acids is 1. The number of nitrogens with one attached hydrogen (secondary N) is 1. The molecule has 1 atom stereocenters. The van der Waals surface area contributed by atoms with Crippen LogP contribution in [0.25, 0.3) is 0 Å². The van der Waals surface area contributed by atoms with E-state index in [1.54, 1.807) is 18.2 Å². The number of nitrogens with zero attached hydrogens (tertiary/aromatic N) is 1. The number of carbonyl (C=O) groups is 1. The molecule has 6 heteroatoms. The molecule has 4 rings (SSSR count). The third-order valence-corrected chi connectivity index (χ3v) is 6.01. The lowest BCUT2D eigenvalue weighted by molar-refractivity contribution is 0.1000. The fourth-order valence-electron chi connectivity index (χ4n) is 4.32. The molecular formula is C26H27F2N3O. The zero-order valence-electron chi connectivity index (χ0n) is 17.9. The van der Waals surface area contributed by atoms with Crippen LogP contribution in [0.1, 0.15) is 32.6 Å². The number of hydrogen-bond donors (Lipinski definition) is 2. The maximum atomic E-state index is 13.8. The highest BCUT2D eigenvalue weighted by Crippen LogP contribution is 2.26. The summed E-state index contributed by atoms with van der Waals surface area (Å²) < 4.78 is 27.1. The van der Waals surface area contributed by atoms with Crippen molar-refractivity contribution in [2.45, 2.75) is 32.0 Å². The SMILES string of the molecule is NC(=O)c1cccc(CNCCN2Cc3ccc(F)cc3CC2Cc2ccc(F)cc2)c1. The third kappa shape index (κ3) is 5.58. The Morgan fingerprint density at radius 2 is 1.75 bits per heavy atom. The van der Waals surface area contributed by atoms with E-state index in [2.05, 4.69) is 10.2 Å². The minimum atomic E-state index is -0.432. The van der Waals surface area contributed by atoms with Crippen molar-refractivity contribution in [3.63, 3.8) is 0 Å². The summed E-state index contributed by atoms with van der Waals surface area (Å²) in [4.78, 5) is 13.8. The molecule has 0 aromatic heterocycles. The number of amides is 1. The lowest BCUT2D eigenvalue weighted by Gasteiger charge is -2.37. The highest BCUT2D eigenvalue weighted by Gasteiger charge is 2.26. The van der Waals surface area contributed by atoms with E-state index in [1.165, 1.54) is 18.2 Å². The zero-order chi connectivity index (χ0) is 22.5. The van der Waals surface area contributed by atoms with Crippen molar-refractivity contribution in [1.82, 2.24) is 10.2 Å². The lowest BCUT2D eigenvalue weighted by Crippen LogP contribution is -2.44. The summed E-state index contributed by atoms with van der Waals surface area (Å²) in [5, 5.41) is 3.44. The van der Waals surface area contributed by atoms with Crippen LogP contribution in [0.4, 0.5) is 8.78 Å². The van der Waals surface area contributed by atoms with Gasteiger partial charge in [0.15, 0.2) is 0 Å². The van der Waals surface area contributed by atoms with Gasteiger partial charge in [0.2, 0.25) is 5.91 Å². The van der Waals surface area contributed by atoms with Crippen molar-refractivity contribution in [2.75, 3.05) is 13.1 Å². The lowest BCUT2D eigenvalue weighted by atomic mass is 9.90. The maximum absolute atomic E-state index is 13.8. The Morgan fingerprint density at radius 1 is 0.969 bits per heavy atom. The molecule has 0 aliphatic carbocycles. The van der Waals surface area contributed by atoms with E-state index in [1.807, 2.05) is 30.3 Å². The van der Waals surface area contributed by atoms with Gasteiger partial charge in [-0.2, -0.15) is 0 Å². The summed E-state index contributed by atoms with van der Waals surface area (Å²) in [5.41, 5.74) is 10.1. The van der Waals surface area contributed by atoms with Crippen molar-refractivity contribution < 1.29 is 13.6 Å². The molecule has 0 saturated carbocycles. The highest BCUT2D eigenvalue weighted by atomic mass is 19.1. The van der Waals surface area contributed by atoms with Crippen LogP contribution < -0.4 is 11.1 Å². The number of fused-ring (bicyclic) bond motifs is 1. The molecule has 1 aliphatic rings. The standard InChI is InChI=1S/C26H27F2N3O/c27-23-7-4-18(5-8-23)13-25-15-22-14-24(28)9-6-21(22)17-31(25)11-10-30-16-19-2-1-3-20(12-19)26(29)32/h1-9,12,14,25,30H,10-11,13,15-17H2,(H2,29,32). The Bertz CT molecular complexity index is 1080. The summed E-state index contributed by atoms with van der Waals surface area (Å²) in [5.74, 6) is -0.886. The first-order valence-electron chi connectivity index (χ1n) is 10.8. The van der Waals surface area contributed by atoms with E-state index in [0.29, 0.717) is 12.1 Å². The molecule has 0 bridgehead atoms. The van der Waals surface area contributed by atoms with Gasteiger partial charge in [-0.15, -0.1) is 0 Å². The first-order valence-corrected chi connectivity index (χ1v) is 10.8. The highest BCUT2D eigenvalue weighted by molar-refractivity contribution is 5.92. The van der Waals surface area contributed by atoms with Crippen LogP contribution >= 0.6 is 0 Å². The average molecular weight is 436 g/mol. The van der Waals surface area contributed by atoms with Gasteiger partial charge in [0.1, 0.15) is 11.6 Å². The number of primary amides is 1. The third-order valence-electron chi connectivity index (χ3n) is 6.01. The number of rotatable bonds is 8. The Morgan fingerprint density at radius 3 is 2.53 bits per heavy atom. The Kier molecular flexibility index (Phi) is 6.93. The Hall–Kier alpha value is -3.09. The minimum absolute atomic E-state index is 0.203. The fraction of sp³-hybridized carbons (Fsp3) is 0.269. The van der Waals surface area contributed by atoms with Crippen LogP contribution in [0, 0.1) is 11.6 Å². The molecular weight excluding hydrogens is 408 g/mol. The van der Waals surface area contributed by atoms with Crippen LogP contribution in [-0.4, -0.2) is 29.9 Å². The van der Waals surface area contributed by atoms with E-state index < -0.39 is 5.91 Å². The molecule has 0 spiro atoms. The van der Waals surface area contributed by atoms with Gasteiger partial charge in [-0.1, -0.05) is 30.3 Å². The van der Waals surface area contributed by atoms with E-state index >= 15 is 0 Å². The van der Waals surface area contributed by atoms with Crippen LogP contribution in [0.5, 0.6) is 0 Å². The molecule has 4 nitrogen and oxygen atoms in total. The Balaban J connectivity index is 1.41. The zero-order valence-corrected chi connectivity index (χ0v) is 17.9. The molecule has 3 aromatic rings. The number of benzene rings is 3. The van der Waals surface area contributed by atoms with E-state index in [0.717, 1.165) is 54.7 Å². The largest absolute Gasteiger partial charge is 0.366 e. The van der Waals surface area contributed by atoms with E-state index in [-0.39, 0.29) is 17.7 Å². The molecule has 166 valence electrons. The molecule has 3 aromatic carbocycles. The van der Waals surface area contributed by atoms with Gasteiger partial charge in [0, 0.05) is 37.8 Å². The summed E-state index contributed by atoms with van der Waals surface area (Å²) >= 11 is 0. The van der Waals surface area contributed by atoms with E-state index in [9.17, 15) is 13.6 Å². The fourth-order valence-corrected chi connectivity index (χ4v) is 4.32. The first kappa shape index (κ1) is 22.1. The van der Waals surface area contributed by atoms with Crippen molar-refractivity contribution in [1.29, 1.82) is 0 Å². The molecule has 1 heterocycles. The van der Waals surface area contributed by atoms with Gasteiger partial charge < -0.3 is 11.1 Å². The normalized spacial score (nSPS) is 16.0. The summed E-state index contributed by atoms with van der Waals surface area (Å²) in [6.07, 6.45) is 1.53. The van der Waals surface area contributed by atoms with Gasteiger partial charge >= 0.3 is 0 Å². The smallest absolute Gasteiger partial charge is 0.248 e. The number of hydrogen-bond acceptors (Lipinski definition) is 3. The molecule has 1 amide bonds. The molecule has 1 aliphatic heterocycles. The topological polar surface area (TPSA) is 58.4 Å². The molecule has 3 N–H and O–H groups in total. The monoisotopic (exact) mass is 435 g/mol. The van der Waals surface area contributed by atoms with Gasteiger partial charge in [0.05, 0.1) is 0 Å². The van der Waals surface area contributed by atoms with Crippen molar-refractivity contribution >= 4 is 5.91 Å². The van der Waals surface area contributed by atoms with Gasteiger partial charge in [-0.05, 0) is 71.5 Å². The minimum Gasteiger partial charge on any atom is -0.366 e. The van der Waals surface area contributed by atoms with E-state index in [4.69, 9.17) is 5.73 Å². The van der Waals surface area contributed by atoms with Gasteiger partial charge in [-0.3, -0.25) is 9.69 Å². The van der Waals surface area contributed by atoms with Crippen LogP contribution in [0.15, 0.2) is 66.7 Å². The molecule has 1 unspecified atom stereocenters. The predicted octanol–water partition coefficient (Wildman–Crippen LogP) is 3.82. The average Bonchev–Trinajstić information content (AvgIpc) is 2.78. The summed E-state index contributed by atoms with van der Waals surface area (Å²) in [7, 11) is 0. The van der Waals surface area contributed by atoms with Crippen LogP contribution in [0.3, 0.4) is 0 Å². The number of halogens is 2. The van der Waals surface area contributed by atoms with Gasteiger partial charge in [0.25, 0.3) is 0 Å². The van der Waals surface area contributed by atoms with Gasteiger partial charge in [-0.25, -0.2) is 8.78 Å². The van der Waals surface area contributed by atoms with Crippen molar-refractivity contribution in [3.8, 4) is 0 Å². The maximum Gasteiger partial charge on any atom is 0.248 e. The summed E-state index contributed by atoms with van der Waals surface area (Å²) in [6.45, 7) is 2.97. The quantitative estimate of drug-likeness (QED) is 0.529. The molecule has 32 heavy (non-hydrogen) atoms. The second-order valence-electron chi connectivity index (χ2n) is 8.31. The molecule has 0 saturated heterocycles. The first-order chi connectivity index (χ1) is 15.5. The summed E-state index contributed by atoms with van der Waals surface area (Å²) in [6, 6.07) is 19.1. The second-order valence-corrected chi connectivity index (χ2v) is 8.31. The molecule has 0 radical (unpaired) electrons. The second kappa shape index (κ2) is 10.0. The number of nitrogens with two attached hydrogens (primary N) is 1. The van der Waals surface area contributed by atoms with Crippen molar-refractivity contribution in [3.05, 3.63) is 106 Å². The van der Waals surface area contributed by atoms with Crippen molar-refractivity contribution in [2.24, 2.45) is 5.73 Å². The Labute approximate surface area is 187 Å². The predicted molar refractivity (Wildman–Crippen MR) is 121 cm³/mol. The van der Waals surface area contributed by atoms with Crippen LogP contribution in [0.2, 0.25) is 0 Å². The molecule has 0 fully saturated rings. The van der Waals surface area contributed by atoms with Crippen LogP contribution in [-0.2, 0) is 25.9 Å².